The minimum atomic E-state index is -1.07. The van der Waals surface area contributed by atoms with Gasteiger partial charge < -0.3 is 32.1 Å². The molecule has 1 amide bonds. The fourth-order valence-electron chi connectivity index (χ4n) is 5.28. The molecule has 0 aromatic carbocycles. The molecular weight excluding hydrogens is 532 g/mol. The predicted molar refractivity (Wildman–Crippen MR) is 173 cm³/mol. The maximum absolute atomic E-state index is 12.2. The number of fused-ring (bicyclic) bond motifs is 1. The molecule has 0 aliphatic heterocycles. The summed E-state index contributed by atoms with van der Waals surface area (Å²) in [6.07, 6.45) is 13.6. The SMILES string of the molecule is C.C=C(O)C(C)(C)CC.CC1C=CC2=C[C@H](C)CCC2[C@H]1CCC(O)CCCC(=O)NC(CCCN=C(N)N)C(=O)O. The number of allylic oxidation sites excluding steroid dienone is 5. The van der Waals surface area contributed by atoms with Gasteiger partial charge in [0.15, 0.2) is 5.96 Å². The number of nitrogens with zero attached hydrogens (tertiary/aromatic N) is 1. The molecule has 0 spiro atoms. The highest BCUT2D eigenvalue weighted by atomic mass is 16.4. The van der Waals surface area contributed by atoms with Crippen LogP contribution in [0.2, 0.25) is 0 Å². The van der Waals surface area contributed by atoms with E-state index in [2.05, 4.69) is 49.0 Å². The Morgan fingerprint density at radius 3 is 2.36 bits per heavy atom. The third-order valence-electron chi connectivity index (χ3n) is 8.64. The first kappa shape index (κ1) is 39.2. The average molecular weight is 593 g/mol. The van der Waals surface area contributed by atoms with Gasteiger partial charge in [0.1, 0.15) is 6.04 Å². The lowest BCUT2D eigenvalue weighted by Crippen LogP contribution is -2.40. The number of hydrogen-bond donors (Lipinski definition) is 6. The van der Waals surface area contributed by atoms with Crippen LogP contribution in [0.5, 0.6) is 0 Å². The van der Waals surface area contributed by atoms with Crippen molar-refractivity contribution in [1.82, 2.24) is 5.32 Å². The average Bonchev–Trinajstić information content (AvgIpc) is 2.89. The van der Waals surface area contributed by atoms with Crippen molar-refractivity contribution in [3.05, 3.63) is 36.1 Å². The molecule has 0 bridgehead atoms. The van der Waals surface area contributed by atoms with Crippen LogP contribution in [-0.4, -0.2) is 51.8 Å². The van der Waals surface area contributed by atoms with E-state index in [4.69, 9.17) is 16.6 Å². The zero-order valence-electron chi connectivity index (χ0n) is 25.9. The first-order valence-electron chi connectivity index (χ1n) is 15.2. The van der Waals surface area contributed by atoms with Crippen LogP contribution in [0, 0.1) is 29.1 Å². The summed E-state index contributed by atoms with van der Waals surface area (Å²) in [5.41, 5.74) is 11.9. The van der Waals surface area contributed by atoms with Gasteiger partial charge in [-0.05, 0) is 87.0 Å². The molecule has 0 saturated carbocycles. The second-order valence-electron chi connectivity index (χ2n) is 12.4. The summed E-state index contributed by atoms with van der Waals surface area (Å²) in [6.45, 7) is 14.3. The van der Waals surface area contributed by atoms with Gasteiger partial charge in [-0.1, -0.05) is 66.9 Å². The van der Waals surface area contributed by atoms with Crippen LogP contribution in [0.15, 0.2) is 41.1 Å². The van der Waals surface area contributed by atoms with Crippen molar-refractivity contribution in [1.29, 1.82) is 0 Å². The maximum atomic E-state index is 12.2. The molecule has 2 aliphatic rings. The van der Waals surface area contributed by atoms with Crippen LogP contribution >= 0.6 is 0 Å². The number of amides is 1. The molecule has 9 nitrogen and oxygen atoms in total. The third kappa shape index (κ3) is 14.4. The standard InChI is InChI=1S/C25H42N4O4.C7H14O.CH4/c1-16-8-12-21-18(15-16)10-9-17(2)20(21)13-11-19(30)5-3-7-23(31)29-22(24(32)33)6-4-14-28-25(26)27;1-5-7(3,4)6(2)8;/h9-10,15-17,19-22,30H,3-8,11-14H2,1-2H3,(H,29,31)(H,32,33)(H4,26,27,28);8H,2,5H2,1,3-4H3;1H4/t16-,17?,19?,20+,21?,22?;;/m1../s1. The number of rotatable bonds is 15. The van der Waals surface area contributed by atoms with E-state index >= 15 is 0 Å². The number of aliphatic hydroxyl groups is 2. The quantitative estimate of drug-likeness (QED) is 0.0599. The number of nitrogens with one attached hydrogen (secondary N) is 1. The summed E-state index contributed by atoms with van der Waals surface area (Å²) in [7, 11) is 0. The minimum absolute atomic E-state index is 0. The summed E-state index contributed by atoms with van der Waals surface area (Å²) in [5.74, 6) is 1.16. The predicted octanol–water partition coefficient (Wildman–Crippen LogP) is 5.85. The lowest BCUT2D eigenvalue weighted by molar-refractivity contribution is -0.142. The van der Waals surface area contributed by atoms with Crippen molar-refractivity contribution in [3.8, 4) is 0 Å². The van der Waals surface area contributed by atoms with Gasteiger partial charge in [-0.2, -0.15) is 0 Å². The summed E-state index contributed by atoms with van der Waals surface area (Å²) < 4.78 is 0. The highest BCUT2D eigenvalue weighted by Crippen LogP contribution is 2.43. The summed E-state index contributed by atoms with van der Waals surface area (Å²) in [5, 5.41) is 31.2. The number of carboxylic acid groups (broad SMARTS) is 1. The topological polar surface area (TPSA) is 171 Å². The molecule has 0 aromatic heterocycles. The Labute approximate surface area is 254 Å². The van der Waals surface area contributed by atoms with Crippen LogP contribution in [0.25, 0.3) is 0 Å². The molecule has 42 heavy (non-hydrogen) atoms. The summed E-state index contributed by atoms with van der Waals surface area (Å²) >= 11 is 0. The van der Waals surface area contributed by atoms with Gasteiger partial charge in [-0.25, -0.2) is 4.79 Å². The fraction of sp³-hybridized carbons (Fsp3) is 0.727. The largest absolute Gasteiger partial charge is 0.512 e. The molecule has 9 heteroatoms. The minimum Gasteiger partial charge on any atom is -0.512 e. The van der Waals surface area contributed by atoms with Crippen molar-refractivity contribution in [2.45, 2.75) is 118 Å². The van der Waals surface area contributed by atoms with E-state index in [-0.39, 0.29) is 43.3 Å². The molecular formula is C33H60N4O5. The summed E-state index contributed by atoms with van der Waals surface area (Å²) in [6, 6.07) is -0.960. The molecule has 0 fully saturated rings. The van der Waals surface area contributed by atoms with E-state index in [1.807, 2.05) is 20.8 Å². The van der Waals surface area contributed by atoms with Crippen LogP contribution in [0.4, 0.5) is 0 Å². The van der Waals surface area contributed by atoms with E-state index in [1.54, 1.807) is 0 Å². The molecule has 0 saturated heterocycles. The maximum Gasteiger partial charge on any atom is 0.326 e. The molecule has 242 valence electrons. The van der Waals surface area contributed by atoms with Crippen LogP contribution in [0.3, 0.4) is 0 Å². The van der Waals surface area contributed by atoms with Crippen molar-refractivity contribution < 1.29 is 24.9 Å². The van der Waals surface area contributed by atoms with Crippen LogP contribution < -0.4 is 16.8 Å². The fourth-order valence-corrected chi connectivity index (χ4v) is 5.28. The van der Waals surface area contributed by atoms with Gasteiger partial charge in [0.25, 0.3) is 0 Å². The van der Waals surface area contributed by atoms with Crippen molar-refractivity contribution in [2.24, 2.45) is 45.5 Å². The Bertz CT molecular complexity index is 939. The highest BCUT2D eigenvalue weighted by molar-refractivity contribution is 5.83. The molecule has 2 aliphatic carbocycles. The van der Waals surface area contributed by atoms with Crippen molar-refractivity contribution >= 4 is 17.8 Å². The first-order valence-corrected chi connectivity index (χ1v) is 15.2. The van der Waals surface area contributed by atoms with Gasteiger partial charge in [-0.3, -0.25) is 9.79 Å². The van der Waals surface area contributed by atoms with Gasteiger partial charge >= 0.3 is 5.97 Å². The Morgan fingerprint density at radius 1 is 1.14 bits per heavy atom. The smallest absolute Gasteiger partial charge is 0.326 e. The molecule has 4 unspecified atom stereocenters. The van der Waals surface area contributed by atoms with E-state index in [9.17, 15) is 19.8 Å². The van der Waals surface area contributed by atoms with E-state index < -0.39 is 18.1 Å². The molecule has 6 atom stereocenters. The van der Waals surface area contributed by atoms with E-state index in [1.165, 1.54) is 18.4 Å². The van der Waals surface area contributed by atoms with Crippen molar-refractivity contribution in [2.75, 3.05) is 6.54 Å². The molecule has 8 N–H and O–H groups in total. The number of guanidine groups is 1. The van der Waals surface area contributed by atoms with Gasteiger partial charge in [0.05, 0.1) is 11.9 Å². The first-order chi connectivity index (χ1) is 19.2. The Morgan fingerprint density at radius 2 is 1.81 bits per heavy atom. The normalized spacial score (nSPS) is 22.6. The Kier molecular flexibility index (Phi) is 18.1. The number of carboxylic acids is 1. The lowest BCUT2D eigenvalue weighted by Gasteiger charge is -2.38. The number of carbonyl (C=O) groups is 2. The van der Waals surface area contributed by atoms with E-state index in [0.717, 1.165) is 19.3 Å². The van der Waals surface area contributed by atoms with Gasteiger partial charge in [-0.15, -0.1) is 0 Å². The lowest BCUT2D eigenvalue weighted by atomic mass is 9.66. The van der Waals surface area contributed by atoms with E-state index in [0.29, 0.717) is 49.5 Å². The molecule has 0 radical (unpaired) electrons. The number of aliphatic imine (C=N–C) groups is 1. The Balaban J connectivity index is 0.00000163. The molecule has 0 aromatic rings. The number of aliphatic carboxylic acids is 1. The van der Waals surface area contributed by atoms with Crippen LogP contribution in [0.1, 0.15) is 106 Å². The number of carbonyl (C=O) groups excluding carboxylic acids is 1. The van der Waals surface area contributed by atoms with Gasteiger partial charge in [0, 0.05) is 18.4 Å². The summed E-state index contributed by atoms with van der Waals surface area (Å²) in [4.78, 5) is 27.4. The molecule has 0 heterocycles. The highest BCUT2D eigenvalue weighted by Gasteiger charge is 2.33. The Hall–Kier alpha value is -2.81. The van der Waals surface area contributed by atoms with Gasteiger partial charge in [0.2, 0.25) is 5.91 Å². The monoisotopic (exact) mass is 592 g/mol. The number of hydrogen-bond acceptors (Lipinski definition) is 5. The zero-order valence-corrected chi connectivity index (χ0v) is 25.9. The van der Waals surface area contributed by atoms with Crippen molar-refractivity contribution in [3.63, 3.8) is 0 Å². The van der Waals surface area contributed by atoms with Crippen LogP contribution in [-0.2, 0) is 9.59 Å². The number of nitrogens with two attached hydrogens (primary N) is 2. The number of aliphatic hydroxyl groups excluding tert-OH is 2. The second kappa shape index (κ2) is 19.4. The third-order valence-corrected chi connectivity index (χ3v) is 8.64. The zero-order chi connectivity index (χ0) is 31.2. The second-order valence-corrected chi connectivity index (χ2v) is 12.4. The molecule has 2 rings (SSSR count).